The van der Waals surface area contributed by atoms with E-state index in [1.54, 1.807) is 24.3 Å². The summed E-state index contributed by atoms with van der Waals surface area (Å²) in [6, 6.07) is 16.1. The second-order valence-corrected chi connectivity index (χ2v) is 8.23. The number of carbonyl (C=O) groups is 2. The molecule has 0 unspecified atom stereocenters. The van der Waals surface area contributed by atoms with Crippen LogP contribution in [0, 0.1) is 17.2 Å². The van der Waals surface area contributed by atoms with Crippen LogP contribution < -0.4 is 4.90 Å². The van der Waals surface area contributed by atoms with Gasteiger partial charge in [-0.15, -0.1) is 0 Å². The number of fused-ring (bicyclic) bond motifs is 3. The van der Waals surface area contributed by atoms with Crippen LogP contribution in [0.4, 0.5) is 5.69 Å². The minimum Gasteiger partial charge on any atom is -0.274 e. The number of imide groups is 1. The smallest absolute Gasteiger partial charge is 0.253 e. The van der Waals surface area contributed by atoms with Crippen molar-refractivity contribution >= 4 is 33.4 Å². The first-order valence-electron chi connectivity index (χ1n) is 9.27. The summed E-state index contributed by atoms with van der Waals surface area (Å²) in [4.78, 5) is 28.0. The van der Waals surface area contributed by atoms with Gasteiger partial charge in [0, 0.05) is 17.6 Å². The maximum absolute atomic E-state index is 13.4. The lowest BCUT2D eigenvalue weighted by atomic mass is 9.90. The van der Waals surface area contributed by atoms with Gasteiger partial charge in [-0.1, -0.05) is 28.1 Å². The molecule has 3 atom stereocenters. The lowest BCUT2D eigenvalue weighted by molar-refractivity contribution is -0.126. The standard InChI is InChI=1S/C21H17BrN4O2/c22-15-6-4-14(5-7-15)18-17-19(25-11-1-10-24(18)25)21(28)26(20(17)27)16-8-2-13(12-23)3-9-16/h2-9,17-19H,1,10-11H2/t17-,18-,19+/m1/s1. The van der Waals surface area contributed by atoms with E-state index < -0.39 is 12.0 Å². The lowest BCUT2D eigenvalue weighted by Gasteiger charge is -2.29. The average molecular weight is 437 g/mol. The Balaban J connectivity index is 1.56. The molecule has 0 aliphatic carbocycles. The number of rotatable bonds is 2. The molecule has 6 nitrogen and oxygen atoms in total. The van der Waals surface area contributed by atoms with Crippen LogP contribution in [0.5, 0.6) is 0 Å². The molecule has 0 radical (unpaired) electrons. The Labute approximate surface area is 171 Å². The number of hydrogen-bond donors (Lipinski definition) is 0. The van der Waals surface area contributed by atoms with Crippen LogP contribution in [0.15, 0.2) is 53.0 Å². The van der Waals surface area contributed by atoms with Crippen LogP contribution in [0.1, 0.15) is 23.6 Å². The fraction of sp³-hybridized carbons (Fsp3) is 0.286. The van der Waals surface area contributed by atoms with Crippen molar-refractivity contribution in [3.8, 4) is 6.07 Å². The summed E-state index contributed by atoms with van der Waals surface area (Å²) < 4.78 is 0.983. The molecule has 5 rings (SSSR count). The van der Waals surface area contributed by atoms with E-state index in [0.717, 1.165) is 29.5 Å². The second kappa shape index (κ2) is 6.52. The number of carbonyl (C=O) groups excluding carboxylic acids is 2. The Hall–Kier alpha value is -2.53. The molecule has 3 aliphatic rings. The van der Waals surface area contributed by atoms with Crippen LogP contribution >= 0.6 is 15.9 Å². The highest BCUT2D eigenvalue weighted by Gasteiger charge is 2.62. The fourth-order valence-corrected chi connectivity index (χ4v) is 4.98. The van der Waals surface area contributed by atoms with Crippen molar-refractivity contribution in [2.45, 2.75) is 18.5 Å². The molecule has 0 saturated carbocycles. The maximum Gasteiger partial charge on any atom is 0.253 e. The van der Waals surface area contributed by atoms with E-state index in [9.17, 15) is 9.59 Å². The number of nitrogens with zero attached hydrogens (tertiary/aromatic N) is 4. The highest BCUT2D eigenvalue weighted by Crippen LogP contribution is 2.48. The van der Waals surface area contributed by atoms with Crippen LogP contribution in [0.25, 0.3) is 0 Å². The Morgan fingerprint density at radius 3 is 2.18 bits per heavy atom. The van der Waals surface area contributed by atoms with Crippen LogP contribution in [0.3, 0.4) is 0 Å². The average Bonchev–Trinajstić information content (AvgIpc) is 3.35. The number of nitriles is 1. The van der Waals surface area contributed by atoms with Crippen molar-refractivity contribution in [3.05, 3.63) is 64.1 Å². The zero-order valence-electron chi connectivity index (χ0n) is 15.0. The summed E-state index contributed by atoms with van der Waals surface area (Å²) in [5, 5.41) is 13.3. The van der Waals surface area contributed by atoms with Gasteiger partial charge in [-0.25, -0.2) is 14.9 Å². The van der Waals surface area contributed by atoms with Crippen LogP contribution in [0.2, 0.25) is 0 Å². The van der Waals surface area contributed by atoms with Crippen molar-refractivity contribution in [2.24, 2.45) is 5.92 Å². The third kappa shape index (κ3) is 2.46. The molecular formula is C21H17BrN4O2. The third-order valence-electron chi connectivity index (χ3n) is 5.87. The van der Waals surface area contributed by atoms with Gasteiger partial charge in [0.05, 0.1) is 29.3 Å². The van der Waals surface area contributed by atoms with E-state index >= 15 is 0 Å². The number of hydrogen-bond acceptors (Lipinski definition) is 5. The summed E-state index contributed by atoms with van der Waals surface area (Å²) in [6.45, 7) is 1.64. The molecule has 3 aliphatic heterocycles. The van der Waals surface area contributed by atoms with Crippen LogP contribution in [-0.4, -0.2) is 41.0 Å². The van der Waals surface area contributed by atoms with E-state index in [4.69, 9.17) is 5.26 Å². The highest BCUT2D eigenvalue weighted by atomic mass is 79.9. The Morgan fingerprint density at radius 1 is 0.893 bits per heavy atom. The molecule has 140 valence electrons. The van der Waals surface area contributed by atoms with Gasteiger partial charge in [0.25, 0.3) is 5.91 Å². The highest BCUT2D eigenvalue weighted by molar-refractivity contribution is 9.10. The Bertz CT molecular complexity index is 999. The monoisotopic (exact) mass is 436 g/mol. The molecule has 0 spiro atoms. The molecular weight excluding hydrogens is 420 g/mol. The summed E-state index contributed by atoms with van der Waals surface area (Å²) in [6.07, 6.45) is 0.981. The molecule has 2 aromatic rings. The number of anilines is 1. The molecule has 0 bridgehead atoms. The summed E-state index contributed by atoms with van der Waals surface area (Å²) in [7, 11) is 0. The van der Waals surface area contributed by atoms with E-state index in [-0.39, 0.29) is 17.9 Å². The zero-order valence-corrected chi connectivity index (χ0v) is 16.5. The molecule has 2 amide bonds. The van der Waals surface area contributed by atoms with Gasteiger partial charge in [-0.2, -0.15) is 5.26 Å². The van der Waals surface area contributed by atoms with Crippen molar-refractivity contribution in [2.75, 3.05) is 18.0 Å². The maximum atomic E-state index is 13.4. The summed E-state index contributed by atoms with van der Waals surface area (Å²) >= 11 is 3.46. The van der Waals surface area contributed by atoms with Gasteiger partial charge in [0.2, 0.25) is 5.91 Å². The van der Waals surface area contributed by atoms with Gasteiger partial charge < -0.3 is 0 Å². The quantitative estimate of drug-likeness (QED) is 0.677. The summed E-state index contributed by atoms with van der Waals surface area (Å²) in [5.41, 5.74) is 2.08. The molecule has 7 heteroatoms. The van der Waals surface area contributed by atoms with Gasteiger partial charge in [0.1, 0.15) is 6.04 Å². The zero-order chi connectivity index (χ0) is 19.4. The predicted molar refractivity (Wildman–Crippen MR) is 106 cm³/mol. The second-order valence-electron chi connectivity index (χ2n) is 7.32. The predicted octanol–water partition coefficient (Wildman–Crippen LogP) is 2.86. The van der Waals surface area contributed by atoms with Crippen molar-refractivity contribution in [3.63, 3.8) is 0 Å². The molecule has 0 aromatic heterocycles. The van der Waals surface area contributed by atoms with E-state index in [1.165, 1.54) is 4.90 Å². The Morgan fingerprint density at radius 2 is 1.54 bits per heavy atom. The van der Waals surface area contributed by atoms with Gasteiger partial charge in [-0.3, -0.25) is 9.59 Å². The first-order valence-corrected chi connectivity index (χ1v) is 10.1. The molecule has 3 fully saturated rings. The third-order valence-corrected chi connectivity index (χ3v) is 6.40. The van der Waals surface area contributed by atoms with Gasteiger partial charge >= 0.3 is 0 Å². The van der Waals surface area contributed by atoms with Crippen molar-refractivity contribution in [1.82, 2.24) is 10.0 Å². The van der Waals surface area contributed by atoms with Gasteiger partial charge in [0.15, 0.2) is 0 Å². The number of amides is 2. The number of halogens is 1. The van der Waals surface area contributed by atoms with Crippen molar-refractivity contribution < 1.29 is 9.59 Å². The molecule has 3 saturated heterocycles. The number of hydrazine groups is 1. The first-order chi connectivity index (χ1) is 13.6. The molecule has 3 heterocycles. The van der Waals surface area contributed by atoms with Crippen LogP contribution in [-0.2, 0) is 9.59 Å². The fourth-order valence-electron chi connectivity index (χ4n) is 4.71. The topological polar surface area (TPSA) is 67.6 Å². The molecule has 28 heavy (non-hydrogen) atoms. The summed E-state index contributed by atoms with van der Waals surface area (Å²) in [5.74, 6) is -0.766. The van der Waals surface area contributed by atoms with E-state index in [2.05, 4.69) is 32.0 Å². The molecule has 2 aromatic carbocycles. The normalized spacial score (nSPS) is 27.1. The van der Waals surface area contributed by atoms with E-state index in [0.29, 0.717) is 11.3 Å². The largest absolute Gasteiger partial charge is 0.274 e. The van der Waals surface area contributed by atoms with Gasteiger partial charge in [-0.05, 0) is 48.4 Å². The number of benzene rings is 2. The first kappa shape index (κ1) is 17.6. The Kier molecular flexibility index (Phi) is 4.09. The SMILES string of the molecule is N#Cc1ccc(N2C(=O)[C@H]3[C@@H](C2=O)N2CCCN2[C@@H]3c2ccc(Br)cc2)cc1. The minimum absolute atomic E-state index is 0.138. The van der Waals surface area contributed by atoms with E-state index in [1.807, 2.05) is 24.3 Å². The van der Waals surface area contributed by atoms with Crippen molar-refractivity contribution in [1.29, 1.82) is 5.26 Å². The molecule has 0 N–H and O–H groups in total. The minimum atomic E-state index is -0.459. The lowest BCUT2D eigenvalue weighted by Crippen LogP contribution is -2.44.